The number of pyridine rings is 1. The molecule has 1 aromatic heterocycles. The van der Waals surface area contributed by atoms with Crippen LogP contribution in [0.4, 0.5) is 64.1 Å². The quantitative estimate of drug-likeness (QED) is 0.161. The number of carbonyl (C=O) groups is 5. The Balaban J connectivity index is 0.000000592. The molecule has 0 aliphatic carbocycles. The number of amides is 1. The maximum Gasteiger partial charge on any atom is 0.490 e. The number of aliphatic carboxylic acids is 4. The minimum Gasteiger partial charge on any atom is -0.475 e. The van der Waals surface area contributed by atoms with Crippen LogP contribution in [0.2, 0.25) is 0 Å². The molecule has 5 N–H and O–H groups in total. The van der Waals surface area contributed by atoms with Gasteiger partial charge in [-0.25, -0.2) is 19.2 Å². The third-order valence-electron chi connectivity index (χ3n) is 7.74. The molecule has 2 saturated heterocycles. The van der Waals surface area contributed by atoms with Crippen molar-refractivity contribution >= 4 is 57.1 Å². The van der Waals surface area contributed by atoms with E-state index in [0.29, 0.717) is 12.1 Å². The lowest BCUT2D eigenvalue weighted by atomic mass is 10.1. The molecule has 2 aliphatic heterocycles. The van der Waals surface area contributed by atoms with E-state index in [4.69, 9.17) is 44.3 Å². The maximum atomic E-state index is 13.1. The molecule has 64 heavy (non-hydrogen) atoms. The van der Waals surface area contributed by atoms with Crippen molar-refractivity contribution in [2.75, 3.05) is 62.3 Å². The van der Waals surface area contributed by atoms with Crippen molar-refractivity contribution in [1.82, 2.24) is 15.2 Å². The molecule has 28 heteroatoms. The Morgan fingerprint density at radius 1 is 0.594 bits per heavy atom. The van der Waals surface area contributed by atoms with Crippen molar-refractivity contribution in [3.63, 3.8) is 0 Å². The van der Waals surface area contributed by atoms with E-state index in [-0.39, 0.29) is 5.91 Å². The van der Waals surface area contributed by atoms with Crippen molar-refractivity contribution in [2.45, 2.75) is 37.8 Å². The summed E-state index contributed by atoms with van der Waals surface area (Å²) in [6.07, 6.45) is -16.7. The Morgan fingerprint density at radius 3 is 1.42 bits per heavy atom. The van der Waals surface area contributed by atoms with E-state index in [0.717, 1.165) is 74.8 Å². The number of carbonyl (C=O) groups excluding carboxylic acids is 1. The Morgan fingerprint density at radius 2 is 1.00 bits per heavy atom. The third-order valence-corrected chi connectivity index (χ3v) is 8.20. The lowest BCUT2D eigenvalue weighted by Gasteiger charge is -2.37. The summed E-state index contributed by atoms with van der Waals surface area (Å²) in [6, 6.07) is 18.6. The van der Waals surface area contributed by atoms with E-state index < -0.39 is 48.6 Å². The Kier molecular flexibility index (Phi) is 22.3. The number of rotatable bonds is 7. The van der Waals surface area contributed by atoms with Crippen molar-refractivity contribution in [3.05, 3.63) is 88.2 Å². The molecule has 356 valence electrons. The summed E-state index contributed by atoms with van der Waals surface area (Å²) in [5.74, 6) is -11.1. The molecule has 3 aromatic rings. The van der Waals surface area contributed by atoms with E-state index in [2.05, 4.69) is 83.4 Å². The van der Waals surface area contributed by atoms with Crippen LogP contribution in [0, 0.1) is 0 Å². The molecule has 15 nitrogen and oxygen atoms in total. The van der Waals surface area contributed by atoms with Crippen LogP contribution >= 0.6 is 15.9 Å². The molecule has 0 saturated carbocycles. The van der Waals surface area contributed by atoms with Gasteiger partial charge in [-0.05, 0) is 41.5 Å². The molecular formula is C36H36BrF12N5O10. The largest absolute Gasteiger partial charge is 0.490 e. The second-order valence-electron chi connectivity index (χ2n) is 12.5. The number of ether oxygens (including phenoxy) is 1. The van der Waals surface area contributed by atoms with Gasteiger partial charge in [0.25, 0.3) is 5.91 Å². The first-order valence-electron chi connectivity index (χ1n) is 17.5. The van der Waals surface area contributed by atoms with Gasteiger partial charge in [0.15, 0.2) is 0 Å². The number of piperazine rings is 1. The molecule has 2 aliphatic rings. The fourth-order valence-electron chi connectivity index (χ4n) is 4.81. The summed E-state index contributed by atoms with van der Waals surface area (Å²) in [5, 5.41) is 31.6. The summed E-state index contributed by atoms with van der Waals surface area (Å²) in [6.45, 7) is 8.59. The Hall–Kier alpha value is -5.90. The highest BCUT2D eigenvalue weighted by Gasteiger charge is 2.40. The lowest BCUT2D eigenvalue weighted by molar-refractivity contribution is -0.193. The second kappa shape index (κ2) is 25.4. The van der Waals surface area contributed by atoms with Crippen LogP contribution in [-0.4, -0.2) is 137 Å². The number of carboxylic acids is 4. The van der Waals surface area contributed by atoms with Crippen molar-refractivity contribution in [2.24, 2.45) is 0 Å². The van der Waals surface area contributed by atoms with E-state index in [1.165, 1.54) is 11.3 Å². The average Bonchev–Trinajstić information content (AvgIpc) is 3.20. The standard InChI is InChI=1S/C28H32BrN5O2.4C2HF3O2/c29-25-17-24(18-27(19-25)34-10-8-33(9-11-34)26-4-6-30-7-5-26)28(35)31-20-22-2-1-3-23(16-22)21-32-12-14-36-15-13-32;4*3-2(4,5)1(6)7/h1-7,16-19H,8-15,20-21H2,(H,31,35);4*(H,6,7). The van der Waals surface area contributed by atoms with Gasteiger partial charge in [0.2, 0.25) is 0 Å². The molecule has 0 atom stereocenters. The normalized spacial score (nSPS) is 14.3. The maximum absolute atomic E-state index is 13.1. The van der Waals surface area contributed by atoms with Gasteiger partial charge in [-0.1, -0.05) is 40.2 Å². The summed E-state index contributed by atoms with van der Waals surface area (Å²) >= 11 is 3.61. The summed E-state index contributed by atoms with van der Waals surface area (Å²) in [5.41, 5.74) is 5.31. The lowest BCUT2D eigenvalue weighted by Crippen LogP contribution is -2.46. The Labute approximate surface area is 361 Å². The van der Waals surface area contributed by atoms with Gasteiger partial charge in [-0.2, -0.15) is 52.7 Å². The number of aromatic nitrogens is 1. The highest BCUT2D eigenvalue weighted by molar-refractivity contribution is 9.10. The zero-order chi connectivity index (χ0) is 49.1. The first-order valence-corrected chi connectivity index (χ1v) is 18.3. The zero-order valence-corrected chi connectivity index (χ0v) is 33.9. The molecule has 0 bridgehead atoms. The van der Waals surface area contributed by atoms with Gasteiger partial charge in [0.05, 0.1) is 13.2 Å². The predicted octanol–water partition coefficient (Wildman–Crippen LogP) is 6.47. The van der Waals surface area contributed by atoms with Crippen LogP contribution < -0.4 is 15.1 Å². The SMILES string of the molecule is O=C(NCc1cccc(CN2CCOCC2)c1)c1cc(Br)cc(N2CCN(c3ccncc3)CC2)c1.O=C(O)C(F)(F)F.O=C(O)C(F)(F)F.O=C(O)C(F)(F)F.O=C(O)C(F)(F)F. The minimum atomic E-state index is -5.08. The van der Waals surface area contributed by atoms with Gasteiger partial charge in [0, 0.05) is 86.2 Å². The number of morpholine rings is 1. The van der Waals surface area contributed by atoms with Gasteiger partial charge < -0.3 is 40.3 Å². The van der Waals surface area contributed by atoms with Crippen molar-refractivity contribution in [3.8, 4) is 0 Å². The molecule has 0 radical (unpaired) electrons. The number of carboxylic acid groups (broad SMARTS) is 4. The van der Waals surface area contributed by atoms with Crippen LogP contribution in [0.5, 0.6) is 0 Å². The molecule has 2 aromatic carbocycles. The topological polar surface area (TPSA) is 210 Å². The van der Waals surface area contributed by atoms with Crippen LogP contribution in [0.15, 0.2) is 71.5 Å². The Bertz CT molecular complexity index is 1880. The number of hydrogen-bond acceptors (Lipinski definition) is 10. The molecular weight excluding hydrogens is 970 g/mol. The molecule has 0 spiro atoms. The number of nitrogens with zero attached hydrogens (tertiary/aromatic N) is 4. The van der Waals surface area contributed by atoms with Crippen molar-refractivity contribution < 1.29 is 102 Å². The smallest absolute Gasteiger partial charge is 0.475 e. The van der Waals surface area contributed by atoms with E-state index in [1.54, 1.807) is 0 Å². The number of alkyl halides is 12. The first kappa shape index (κ1) is 56.1. The van der Waals surface area contributed by atoms with Crippen molar-refractivity contribution in [1.29, 1.82) is 0 Å². The van der Waals surface area contributed by atoms with Gasteiger partial charge in [-0.15, -0.1) is 0 Å². The third kappa shape index (κ3) is 22.5. The van der Waals surface area contributed by atoms with E-state index in [9.17, 15) is 57.5 Å². The van der Waals surface area contributed by atoms with Crippen LogP contribution in [0.25, 0.3) is 0 Å². The highest BCUT2D eigenvalue weighted by atomic mass is 79.9. The van der Waals surface area contributed by atoms with Gasteiger partial charge >= 0.3 is 48.6 Å². The molecule has 0 unspecified atom stereocenters. The number of nitrogens with one attached hydrogen (secondary N) is 1. The fourth-order valence-corrected chi connectivity index (χ4v) is 5.29. The highest BCUT2D eigenvalue weighted by Crippen LogP contribution is 2.26. The van der Waals surface area contributed by atoms with Crippen LogP contribution in [-0.2, 0) is 37.0 Å². The number of anilines is 2. The monoisotopic (exact) mass is 1010 g/mol. The van der Waals surface area contributed by atoms with Gasteiger partial charge in [-0.3, -0.25) is 14.7 Å². The molecule has 5 rings (SSSR count). The number of halogens is 13. The predicted molar refractivity (Wildman–Crippen MR) is 201 cm³/mol. The van der Waals surface area contributed by atoms with Crippen LogP contribution in [0.1, 0.15) is 21.5 Å². The summed E-state index contributed by atoms with van der Waals surface area (Å²) in [4.78, 5) is 59.9. The molecule has 2 fully saturated rings. The van der Waals surface area contributed by atoms with Crippen LogP contribution in [0.3, 0.4) is 0 Å². The second-order valence-corrected chi connectivity index (χ2v) is 13.4. The van der Waals surface area contributed by atoms with Gasteiger partial charge in [0.1, 0.15) is 0 Å². The average molecular weight is 1010 g/mol. The molecule has 1 amide bonds. The zero-order valence-electron chi connectivity index (χ0n) is 32.4. The fraction of sp³-hybridized carbons (Fsp3) is 0.389. The minimum absolute atomic E-state index is 0.0634. The number of hydrogen-bond donors (Lipinski definition) is 5. The summed E-state index contributed by atoms with van der Waals surface area (Å²) < 4.78 is 133. The number of benzene rings is 2. The molecule has 3 heterocycles. The van der Waals surface area contributed by atoms with E-state index in [1.807, 2.05) is 24.5 Å². The van der Waals surface area contributed by atoms with E-state index >= 15 is 0 Å². The summed E-state index contributed by atoms with van der Waals surface area (Å²) in [7, 11) is 0. The first-order chi connectivity index (χ1) is 29.4.